The molecule has 2 aliphatic heterocycles. The maximum atomic E-state index is 13.0. The standard InChI is InChI=1S/C22H19N7O6S2/c1-34-27-15(13-9-37-22(23)25-13)18(30)26-16-19(31)29-17(21(32)33)12(8-36-20(16)29)7-28-4-2-11(3-5-28)14-6-24-10-35-14/h2-6,9-10,16,20H,7-8H2,1H3,(H3-,23,25,26,30,32,33)/p+1/b27-15-. The highest BCUT2D eigenvalue weighted by molar-refractivity contribution is 8.00. The van der Waals surface area contributed by atoms with Crippen LogP contribution in [0.4, 0.5) is 5.13 Å². The van der Waals surface area contributed by atoms with E-state index in [9.17, 15) is 19.5 Å². The number of pyridine rings is 1. The minimum atomic E-state index is -1.21. The van der Waals surface area contributed by atoms with Gasteiger partial charge in [-0.25, -0.2) is 19.3 Å². The van der Waals surface area contributed by atoms with Crippen molar-refractivity contribution in [3.05, 3.63) is 59.5 Å². The third-order valence-corrected chi connectivity index (χ3v) is 7.69. The minimum absolute atomic E-state index is 0.0795. The molecule has 5 rings (SSSR count). The van der Waals surface area contributed by atoms with Gasteiger partial charge in [-0.3, -0.25) is 14.5 Å². The normalized spacial score (nSPS) is 19.3. The maximum absolute atomic E-state index is 13.0. The Labute approximate surface area is 217 Å². The molecule has 4 N–H and O–H groups in total. The number of carboxylic acids is 1. The van der Waals surface area contributed by atoms with Crippen molar-refractivity contribution in [3.8, 4) is 11.3 Å². The Hall–Kier alpha value is -4.24. The fourth-order valence-corrected chi connectivity index (χ4v) is 5.90. The molecule has 0 saturated carbocycles. The number of aromatic nitrogens is 3. The van der Waals surface area contributed by atoms with E-state index < -0.39 is 29.2 Å². The van der Waals surface area contributed by atoms with E-state index in [1.165, 1.54) is 30.2 Å². The van der Waals surface area contributed by atoms with Gasteiger partial charge in [-0.1, -0.05) is 5.16 Å². The van der Waals surface area contributed by atoms with Crippen molar-refractivity contribution >= 4 is 51.7 Å². The van der Waals surface area contributed by atoms with Gasteiger partial charge in [-0.2, -0.15) is 0 Å². The number of β-lactam (4-membered cyclic amide) rings is 1. The van der Waals surface area contributed by atoms with E-state index in [2.05, 4.69) is 20.4 Å². The molecule has 0 bridgehead atoms. The topological polar surface area (TPSA) is 177 Å². The van der Waals surface area contributed by atoms with E-state index in [0.29, 0.717) is 17.1 Å². The second-order valence-electron chi connectivity index (χ2n) is 7.94. The first-order valence-corrected chi connectivity index (χ1v) is 12.7. The van der Waals surface area contributed by atoms with Crippen LogP contribution in [0.15, 0.2) is 63.3 Å². The van der Waals surface area contributed by atoms with Crippen molar-refractivity contribution in [2.45, 2.75) is 18.0 Å². The van der Waals surface area contributed by atoms with Crippen LogP contribution < -0.4 is 15.6 Å². The van der Waals surface area contributed by atoms with Gasteiger partial charge in [0.25, 0.3) is 11.8 Å². The molecule has 2 aliphatic rings. The van der Waals surface area contributed by atoms with E-state index in [0.717, 1.165) is 16.9 Å². The lowest BCUT2D eigenvalue weighted by molar-refractivity contribution is -0.689. The summed E-state index contributed by atoms with van der Waals surface area (Å²) in [5.41, 5.74) is 7.04. The van der Waals surface area contributed by atoms with Crippen LogP contribution in [0.3, 0.4) is 0 Å². The van der Waals surface area contributed by atoms with Crippen LogP contribution in [-0.4, -0.2) is 67.7 Å². The number of nitrogens with zero attached hydrogens (tertiary/aromatic N) is 5. The van der Waals surface area contributed by atoms with Gasteiger partial charge in [0.05, 0.1) is 6.20 Å². The van der Waals surface area contributed by atoms with E-state index in [4.69, 9.17) is 15.0 Å². The highest BCUT2D eigenvalue weighted by Crippen LogP contribution is 2.40. The van der Waals surface area contributed by atoms with Crippen LogP contribution >= 0.6 is 23.1 Å². The first-order chi connectivity index (χ1) is 17.9. The number of amides is 2. The number of thiazole rings is 1. The van der Waals surface area contributed by atoms with Gasteiger partial charge < -0.3 is 25.4 Å². The predicted octanol–water partition coefficient (Wildman–Crippen LogP) is 0.457. The maximum Gasteiger partial charge on any atom is 0.352 e. The van der Waals surface area contributed by atoms with Crippen molar-refractivity contribution in [2.24, 2.45) is 5.16 Å². The molecule has 1 saturated heterocycles. The summed E-state index contributed by atoms with van der Waals surface area (Å²) in [6.45, 7) is 0.273. The zero-order valence-electron chi connectivity index (χ0n) is 19.2. The summed E-state index contributed by atoms with van der Waals surface area (Å²) in [7, 11) is 1.28. The fourth-order valence-electron chi connectivity index (χ4n) is 4.01. The Morgan fingerprint density at radius 1 is 1.41 bits per heavy atom. The van der Waals surface area contributed by atoms with Gasteiger partial charge in [0, 0.05) is 34.4 Å². The smallest absolute Gasteiger partial charge is 0.352 e. The van der Waals surface area contributed by atoms with Gasteiger partial charge in [-0.15, -0.1) is 23.1 Å². The lowest BCUT2D eigenvalue weighted by Crippen LogP contribution is -2.71. The second-order valence-corrected chi connectivity index (χ2v) is 9.93. The number of rotatable bonds is 8. The summed E-state index contributed by atoms with van der Waals surface area (Å²) in [4.78, 5) is 52.0. The number of carbonyl (C=O) groups excluding carboxylic acids is 2. The third kappa shape index (κ3) is 4.65. The molecule has 13 nitrogen and oxygen atoms in total. The van der Waals surface area contributed by atoms with Gasteiger partial charge in [0.1, 0.15) is 29.9 Å². The number of aliphatic carboxylic acids is 1. The highest BCUT2D eigenvalue weighted by Gasteiger charge is 2.54. The number of oxazole rings is 1. The lowest BCUT2D eigenvalue weighted by atomic mass is 10.0. The number of nitrogens with one attached hydrogen (secondary N) is 1. The number of carboxylic acid groups (broad SMARTS) is 1. The van der Waals surface area contributed by atoms with E-state index in [-0.39, 0.29) is 28.8 Å². The number of nitrogen functional groups attached to an aromatic ring is 1. The molecule has 0 aliphatic carbocycles. The second kappa shape index (κ2) is 10.0. The van der Waals surface area contributed by atoms with Crippen molar-refractivity contribution < 1.29 is 33.3 Å². The Morgan fingerprint density at radius 3 is 2.81 bits per heavy atom. The Kier molecular flexibility index (Phi) is 6.62. The number of fused-ring (bicyclic) bond motifs is 1. The van der Waals surface area contributed by atoms with Gasteiger partial charge in [0.2, 0.25) is 0 Å². The molecule has 2 amide bonds. The summed E-state index contributed by atoms with van der Waals surface area (Å²) < 4.78 is 7.10. The molecule has 15 heteroatoms. The summed E-state index contributed by atoms with van der Waals surface area (Å²) >= 11 is 2.50. The van der Waals surface area contributed by atoms with E-state index in [1.807, 2.05) is 16.7 Å². The van der Waals surface area contributed by atoms with Crippen molar-refractivity contribution in [1.29, 1.82) is 0 Å². The minimum Gasteiger partial charge on any atom is -0.477 e. The Morgan fingerprint density at radius 2 is 2.19 bits per heavy atom. The number of oxime groups is 1. The Balaban J connectivity index is 1.32. The number of hydrogen-bond donors (Lipinski definition) is 3. The van der Waals surface area contributed by atoms with Crippen LogP contribution in [0.5, 0.6) is 0 Å². The molecule has 190 valence electrons. The number of thioether (sulfide) groups is 1. The zero-order valence-corrected chi connectivity index (χ0v) is 20.9. The molecule has 5 heterocycles. The SMILES string of the molecule is CO/N=C(\C(=O)NC1C(=O)N2C(C(=O)O)=C(C[n+]3ccc(-c4cnco4)cc3)CSC12)c1csc(N)n1. The van der Waals surface area contributed by atoms with E-state index >= 15 is 0 Å². The molecule has 37 heavy (non-hydrogen) atoms. The summed E-state index contributed by atoms with van der Waals surface area (Å²) in [5.74, 6) is -1.44. The number of hydrogen-bond acceptors (Lipinski definition) is 11. The summed E-state index contributed by atoms with van der Waals surface area (Å²) in [6.07, 6.45) is 6.54. The zero-order chi connectivity index (χ0) is 26.1. The fraction of sp³-hybridized carbons (Fsp3) is 0.227. The van der Waals surface area contributed by atoms with E-state index in [1.54, 1.807) is 24.0 Å². The van der Waals surface area contributed by atoms with Crippen molar-refractivity contribution in [2.75, 3.05) is 18.6 Å². The monoisotopic (exact) mass is 542 g/mol. The average Bonchev–Trinajstić information content (AvgIpc) is 3.58. The molecule has 0 radical (unpaired) electrons. The quantitative estimate of drug-likeness (QED) is 0.157. The lowest BCUT2D eigenvalue weighted by Gasteiger charge is -2.49. The molecular formula is C22H20N7O6S2+. The van der Waals surface area contributed by atoms with Crippen LogP contribution in [0.2, 0.25) is 0 Å². The average molecular weight is 543 g/mol. The number of nitrogens with two attached hydrogens (primary N) is 1. The van der Waals surface area contributed by atoms with Crippen molar-refractivity contribution in [1.82, 2.24) is 20.2 Å². The van der Waals surface area contributed by atoms with Gasteiger partial charge in [0.15, 0.2) is 41.9 Å². The van der Waals surface area contributed by atoms with Gasteiger partial charge >= 0.3 is 5.97 Å². The number of anilines is 1. The van der Waals surface area contributed by atoms with Crippen LogP contribution in [0.25, 0.3) is 11.3 Å². The first-order valence-electron chi connectivity index (χ1n) is 10.8. The molecule has 3 aromatic rings. The molecule has 1 fully saturated rings. The largest absolute Gasteiger partial charge is 0.477 e. The van der Waals surface area contributed by atoms with Crippen LogP contribution in [0, 0.1) is 0 Å². The molecule has 2 unspecified atom stereocenters. The molecule has 0 spiro atoms. The van der Waals surface area contributed by atoms with Gasteiger partial charge in [-0.05, 0) is 0 Å². The summed E-state index contributed by atoms with van der Waals surface area (Å²) in [6, 6.07) is 2.73. The Bertz CT molecular complexity index is 1420. The highest BCUT2D eigenvalue weighted by atomic mass is 32.2. The molecule has 2 atom stereocenters. The first kappa shape index (κ1) is 24.5. The molecular weight excluding hydrogens is 522 g/mol. The third-order valence-electron chi connectivity index (χ3n) is 5.68. The van der Waals surface area contributed by atoms with Crippen LogP contribution in [-0.2, 0) is 25.8 Å². The van der Waals surface area contributed by atoms with Crippen molar-refractivity contribution in [3.63, 3.8) is 0 Å². The predicted molar refractivity (Wildman–Crippen MR) is 132 cm³/mol. The number of carbonyl (C=O) groups is 3. The molecule has 0 aromatic carbocycles. The molecule has 3 aromatic heterocycles. The van der Waals surface area contributed by atoms with Crippen LogP contribution in [0.1, 0.15) is 5.69 Å². The summed E-state index contributed by atoms with van der Waals surface area (Å²) in [5, 5.41) is 17.5.